The molecule has 0 atom stereocenters. The van der Waals surface area contributed by atoms with Gasteiger partial charge in [0.05, 0.1) is 34.7 Å². The van der Waals surface area contributed by atoms with E-state index >= 15 is 0 Å². The standard InChI is InChI=1S/C32H32F6N4O4/c33-31(34,35)19-9-17(29(23(39)13-19)45-21-5-1-2-6-21)11-27(43)25-15-26(42-16-41-25)28(44)12-18-10-20(32(36,37)38)14-24(40)30(18)46-22-7-3-4-8-22/h9-10,13-16,21-22H,1-8,11-12,39-40H2. The van der Waals surface area contributed by atoms with E-state index < -0.39 is 47.9 Å². The molecule has 0 spiro atoms. The maximum Gasteiger partial charge on any atom is 0.416 e. The Bertz CT molecular complexity index is 1500. The summed E-state index contributed by atoms with van der Waals surface area (Å²) in [4.78, 5) is 34.4. The maximum atomic E-state index is 13.6. The molecule has 2 aliphatic rings. The number of nitrogens with two attached hydrogens (primary N) is 2. The Labute approximate surface area is 260 Å². The number of benzene rings is 2. The Balaban J connectivity index is 1.41. The summed E-state index contributed by atoms with van der Waals surface area (Å²) >= 11 is 0. The zero-order valence-electron chi connectivity index (χ0n) is 24.6. The highest BCUT2D eigenvalue weighted by Gasteiger charge is 2.35. The van der Waals surface area contributed by atoms with Crippen molar-refractivity contribution in [2.75, 3.05) is 11.5 Å². The Morgan fingerprint density at radius 1 is 0.652 bits per heavy atom. The molecular weight excluding hydrogens is 618 g/mol. The minimum atomic E-state index is -4.74. The van der Waals surface area contributed by atoms with Gasteiger partial charge in [-0.2, -0.15) is 26.3 Å². The van der Waals surface area contributed by atoms with E-state index in [1.165, 1.54) is 0 Å². The molecule has 0 bridgehead atoms. The number of nitrogens with zero attached hydrogens (tertiary/aromatic N) is 2. The Morgan fingerprint density at radius 2 is 1.02 bits per heavy atom. The van der Waals surface area contributed by atoms with Crippen molar-refractivity contribution in [3.8, 4) is 11.5 Å². The van der Waals surface area contributed by atoms with Crippen LogP contribution in [0, 0.1) is 0 Å². The first-order valence-electron chi connectivity index (χ1n) is 14.9. The van der Waals surface area contributed by atoms with E-state index in [9.17, 15) is 35.9 Å². The second-order valence-corrected chi connectivity index (χ2v) is 11.6. The third-order valence-corrected chi connectivity index (χ3v) is 8.16. The number of nitrogen functional groups attached to an aromatic ring is 2. The molecule has 0 unspecified atom stereocenters. The number of alkyl halides is 6. The minimum Gasteiger partial charge on any atom is -0.488 e. The van der Waals surface area contributed by atoms with Crippen molar-refractivity contribution in [3.63, 3.8) is 0 Å². The van der Waals surface area contributed by atoms with Crippen LogP contribution in [-0.4, -0.2) is 33.7 Å². The highest BCUT2D eigenvalue weighted by molar-refractivity contribution is 6.01. The molecule has 1 heterocycles. The van der Waals surface area contributed by atoms with Crippen LogP contribution in [0.4, 0.5) is 37.7 Å². The highest BCUT2D eigenvalue weighted by Crippen LogP contribution is 2.40. The smallest absolute Gasteiger partial charge is 0.416 e. The number of carbonyl (C=O) groups excluding carboxylic acids is 2. The lowest BCUT2D eigenvalue weighted by Crippen LogP contribution is -2.18. The number of carbonyl (C=O) groups is 2. The molecule has 2 aliphatic carbocycles. The average Bonchev–Trinajstić information content (AvgIpc) is 3.70. The number of aromatic nitrogens is 2. The lowest BCUT2D eigenvalue weighted by atomic mass is 9.99. The van der Waals surface area contributed by atoms with Crippen LogP contribution in [0.5, 0.6) is 11.5 Å². The van der Waals surface area contributed by atoms with Crippen molar-refractivity contribution in [1.29, 1.82) is 0 Å². The fraction of sp³-hybridized carbons (Fsp3) is 0.438. The van der Waals surface area contributed by atoms with Crippen LogP contribution < -0.4 is 20.9 Å². The molecular formula is C32H32F6N4O4. The number of anilines is 2. The van der Waals surface area contributed by atoms with Crippen molar-refractivity contribution in [2.24, 2.45) is 0 Å². The summed E-state index contributed by atoms with van der Waals surface area (Å²) in [6, 6.07) is 4.16. The van der Waals surface area contributed by atoms with Crippen LogP contribution in [0.2, 0.25) is 0 Å². The van der Waals surface area contributed by atoms with E-state index in [-0.39, 0.29) is 57.6 Å². The third-order valence-electron chi connectivity index (χ3n) is 8.16. The Morgan fingerprint density at radius 3 is 1.37 bits per heavy atom. The van der Waals surface area contributed by atoms with Crippen LogP contribution in [-0.2, 0) is 25.2 Å². The molecule has 8 nitrogen and oxygen atoms in total. The molecule has 0 saturated heterocycles. The van der Waals surface area contributed by atoms with Gasteiger partial charge in [0.2, 0.25) is 0 Å². The predicted octanol–water partition coefficient (Wildman–Crippen LogP) is 7.17. The first-order valence-corrected chi connectivity index (χ1v) is 14.9. The van der Waals surface area contributed by atoms with Crippen LogP contribution in [0.1, 0.15) is 94.6 Å². The van der Waals surface area contributed by atoms with E-state index in [2.05, 4.69) is 9.97 Å². The minimum absolute atomic E-state index is 0.0180. The number of hydrogen-bond acceptors (Lipinski definition) is 8. The molecule has 46 heavy (non-hydrogen) atoms. The Kier molecular flexibility index (Phi) is 9.45. The predicted molar refractivity (Wildman–Crippen MR) is 156 cm³/mol. The number of hydrogen-bond donors (Lipinski definition) is 2. The molecule has 2 saturated carbocycles. The largest absolute Gasteiger partial charge is 0.488 e. The first kappa shape index (κ1) is 33.0. The van der Waals surface area contributed by atoms with Crippen molar-refractivity contribution in [1.82, 2.24) is 9.97 Å². The first-order chi connectivity index (χ1) is 21.7. The summed E-state index contributed by atoms with van der Waals surface area (Å²) in [7, 11) is 0. The summed E-state index contributed by atoms with van der Waals surface area (Å²) < 4.78 is 93.5. The normalized spacial score (nSPS) is 16.1. The van der Waals surface area contributed by atoms with Gasteiger partial charge >= 0.3 is 12.4 Å². The molecule has 4 N–H and O–H groups in total. The van der Waals surface area contributed by atoms with Gasteiger partial charge in [-0.05, 0) is 81.7 Å². The Hall–Kier alpha value is -4.36. The van der Waals surface area contributed by atoms with E-state index in [4.69, 9.17) is 20.9 Å². The molecule has 2 fully saturated rings. The number of halogens is 6. The number of ether oxygens (including phenoxy) is 2. The molecule has 0 aliphatic heterocycles. The maximum absolute atomic E-state index is 13.6. The summed E-state index contributed by atoms with van der Waals surface area (Å²) in [5, 5.41) is 0. The second-order valence-electron chi connectivity index (χ2n) is 11.6. The molecule has 0 radical (unpaired) electrons. The van der Waals surface area contributed by atoms with Gasteiger partial charge < -0.3 is 20.9 Å². The van der Waals surface area contributed by atoms with Crippen LogP contribution in [0.25, 0.3) is 0 Å². The van der Waals surface area contributed by atoms with Gasteiger partial charge in [0, 0.05) is 24.0 Å². The van der Waals surface area contributed by atoms with E-state index in [1.807, 2.05) is 0 Å². The van der Waals surface area contributed by atoms with Crippen LogP contribution >= 0.6 is 0 Å². The van der Waals surface area contributed by atoms with E-state index in [0.29, 0.717) is 25.7 Å². The lowest BCUT2D eigenvalue weighted by molar-refractivity contribution is -0.138. The SMILES string of the molecule is Nc1cc(C(F)(F)F)cc(CC(=O)c2cc(C(=O)Cc3cc(C(F)(F)F)cc(N)c3OC3CCCC3)ncn2)c1OC1CCCC1. The van der Waals surface area contributed by atoms with E-state index in [1.54, 1.807) is 0 Å². The molecule has 3 aromatic rings. The number of ketones is 2. The zero-order chi connectivity index (χ0) is 33.2. The van der Waals surface area contributed by atoms with Crippen LogP contribution in [0.3, 0.4) is 0 Å². The van der Waals surface area contributed by atoms with Gasteiger partial charge in [0.1, 0.15) is 29.2 Å². The molecule has 246 valence electrons. The summed E-state index contributed by atoms with van der Waals surface area (Å²) in [6.07, 6.45) is -3.92. The third kappa shape index (κ3) is 7.71. The lowest BCUT2D eigenvalue weighted by Gasteiger charge is -2.20. The summed E-state index contributed by atoms with van der Waals surface area (Å²) in [6.45, 7) is 0. The topological polar surface area (TPSA) is 130 Å². The zero-order valence-corrected chi connectivity index (χ0v) is 24.6. The highest BCUT2D eigenvalue weighted by atomic mass is 19.4. The van der Waals surface area contributed by atoms with Crippen molar-refractivity contribution in [2.45, 2.75) is 88.8 Å². The van der Waals surface area contributed by atoms with Crippen molar-refractivity contribution < 1.29 is 45.4 Å². The summed E-state index contributed by atoms with van der Waals surface area (Å²) in [5.41, 5.74) is 8.53. The van der Waals surface area contributed by atoms with Gasteiger partial charge in [-0.1, -0.05) is 0 Å². The van der Waals surface area contributed by atoms with E-state index in [0.717, 1.165) is 62.3 Å². The fourth-order valence-electron chi connectivity index (χ4n) is 5.84. The number of Topliss-reactive ketones (excluding diaryl/α,β-unsaturated/α-hetero) is 2. The monoisotopic (exact) mass is 650 g/mol. The fourth-order valence-corrected chi connectivity index (χ4v) is 5.84. The van der Waals surface area contributed by atoms with Gasteiger partial charge in [0.25, 0.3) is 0 Å². The van der Waals surface area contributed by atoms with Crippen molar-refractivity contribution >= 4 is 22.9 Å². The van der Waals surface area contributed by atoms with Gasteiger partial charge in [-0.3, -0.25) is 9.59 Å². The molecule has 0 amide bonds. The molecule has 2 aromatic carbocycles. The van der Waals surface area contributed by atoms with Gasteiger partial charge in [-0.15, -0.1) is 0 Å². The van der Waals surface area contributed by atoms with Crippen molar-refractivity contribution in [3.05, 3.63) is 70.3 Å². The van der Waals surface area contributed by atoms with Gasteiger partial charge in [0.15, 0.2) is 11.6 Å². The van der Waals surface area contributed by atoms with Gasteiger partial charge in [-0.25, -0.2) is 9.97 Å². The van der Waals surface area contributed by atoms with Crippen LogP contribution in [0.15, 0.2) is 36.7 Å². The summed E-state index contributed by atoms with van der Waals surface area (Å²) in [5.74, 6) is -1.54. The molecule has 5 rings (SSSR count). The molecule has 1 aromatic heterocycles. The average molecular weight is 651 g/mol. The second kappa shape index (κ2) is 13.2. The molecule has 14 heteroatoms. The number of rotatable bonds is 10. The quantitative estimate of drug-likeness (QED) is 0.134.